The number of piperidine rings is 1. The van der Waals surface area contributed by atoms with E-state index in [9.17, 15) is 24.0 Å². The maximum Gasteiger partial charge on any atom is 0.264 e. The van der Waals surface area contributed by atoms with Gasteiger partial charge in [-0.3, -0.25) is 34.2 Å². The van der Waals surface area contributed by atoms with Crippen LogP contribution in [0.15, 0.2) is 18.2 Å². The fraction of sp³-hybridized carbons (Fsp3) is 0.756. The smallest absolute Gasteiger partial charge is 0.264 e. The van der Waals surface area contributed by atoms with Gasteiger partial charge in [0.2, 0.25) is 17.7 Å². The van der Waals surface area contributed by atoms with Gasteiger partial charge in [0.25, 0.3) is 11.8 Å². The van der Waals surface area contributed by atoms with Crippen LogP contribution in [-0.4, -0.2) is 188 Å². The maximum absolute atomic E-state index is 13.2. The Morgan fingerprint density at radius 3 is 1.48 bits per heavy atom. The number of anilines is 1. The summed E-state index contributed by atoms with van der Waals surface area (Å²) in [6, 6.07) is 3.53. The molecular weight excluding hydrogens is 867 g/mol. The van der Waals surface area contributed by atoms with Gasteiger partial charge in [0.1, 0.15) is 6.04 Å². The molecule has 0 spiro atoms. The maximum atomic E-state index is 13.2. The summed E-state index contributed by atoms with van der Waals surface area (Å²) >= 11 is 0. The number of hydrogen-bond acceptors (Lipinski definition) is 16. The van der Waals surface area contributed by atoms with E-state index in [1.54, 1.807) is 12.1 Å². The molecule has 0 radical (unpaired) electrons. The molecular formula is C45H75N3O16Si. The molecule has 370 valence electrons. The van der Waals surface area contributed by atoms with Gasteiger partial charge >= 0.3 is 0 Å². The number of fused-ring (bicyclic) bond motifs is 1. The average molecular weight is 942 g/mol. The Morgan fingerprint density at radius 2 is 1.05 bits per heavy atom. The number of rotatable bonds is 39. The van der Waals surface area contributed by atoms with Crippen LogP contribution in [-0.2, 0) is 66.2 Å². The Morgan fingerprint density at radius 1 is 0.615 bits per heavy atom. The molecule has 1 unspecified atom stereocenters. The van der Waals surface area contributed by atoms with Crippen molar-refractivity contribution < 1.29 is 75.8 Å². The second-order valence-electron chi connectivity index (χ2n) is 16.8. The van der Waals surface area contributed by atoms with Gasteiger partial charge in [-0.1, -0.05) is 33.3 Å². The molecule has 3 rings (SSSR count). The van der Waals surface area contributed by atoms with Gasteiger partial charge < -0.3 is 57.1 Å². The van der Waals surface area contributed by atoms with Crippen molar-refractivity contribution in [2.24, 2.45) is 0 Å². The van der Waals surface area contributed by atoms with E-state index in [-0.39, 0.29) is 47.0 Å². The number of carbonyl (C=O) groups excluding carboxylic acids is 5. The minimum atomic E-state index is -1.72. The molecule has 1 aromatic carbocycles. The van der Waals surface area contributed by atoms with Crippen LogP contribution in [0.25, 0.3) is 0 Å². The Balaban J connectivity index is 0.985. The van der Waals surface area contributed by atoms with Gasteiger partial charge in [-0.25, -0.2) is 0 Å². The van der Waals surface area contributed by atoms with Gasteiger partial charge in [-0.05, 0) is 49.5 Å². The minimum absolute atomic E-state index is 0.0274. The number of carbonyl (C=O) groups is 5. The van der Waals surface area contributed by atoms with Crippen molar-refractivity contribution in [3.63, 3.8) is 0 Å². The first-order valence-corrected chi connectivity index (χ1v) is 25.8. The van der Waals surface area contributed by atoms with Gasteiger partial charge in [0, 0.05) is 19.4 Å². The summed E-state index contributed by atoms with van der Waals surface area (Å²) in [6.07, 6.45) is 2.44. The fourth-order valence-electron chi connectivity index (χ4n) is 6.15. The Bertz CT molecular complexity index is 1560. The molecule has 2 heterocycles. The third-order valence-corrected chi connectivity index (χ3v) is 15.3. The highest BCUT2D eigenvalue weighted by Gasteiger charge is 2.45. The normalized spacial score (nSPS) is 15.5. The van der Waals surface area contributed by atoms with Gasteiger partial charge in [-0.2, -0.15) is 0 Å². The van der Waals surface area contributed by atoms with Crippen molar-refractivity contribution in [3.05, 3.63) is 29.3 Å². The van der Waals surface area contributed by atoms with Gasteiger partial charge in [-0.15, -0.1) is 0 Å². The topological polar surface area (TPSA) is 214 Å². The summed E-state index contributed by atoms with van der Waals surface area (Å²) in [5, 5.41) is 5.11. The van der Waals surface area contributed by atoms with E-state index in [0.717, 1.165) is 17.7 Å². The van der Waals surface area contributed by atoms with Gasteiger partial charge in [0.15, 0.2) is 8.32 Å². The lowest BCUT2D eigenvalue weighted by molar-refractivity contribution is -0.136. The molecule has 0 bridgehead atoms. The predicted molar refractivity (Wildman–Crippen MR) is 242 cm³/mol. The summed E-state index contributed by atoms with van der Waals surface area (Å²) in [5.41, 5.74) is 0.381. The first-order valence-electron chi connectivity index (χ1n) is 22.9. The summed E-state index contributed by atoms with van der Waals surface area (Å²) in [4.78, 5) is 63.6. The molecule has 19 nitrogen and oxygen atoms in total. The Hall–Kier alpha value is -3.25. The lowest BCUT2D eigenvalue weighted by atomic mass is 10.0. The van der Waals surface area contributed by atoms with Crippen LogP contribution in [0.1, 0.15) is 80.0 Å². The number of benzene rings is 1. The lowest BCUT2D eigenvalue weighted by Gasteiger charge is -2.36. The van der Waals surface area contributed by atoms with Gasteiger partial charge in [0.05, 0.1) is 149 Å². The number of imide groups is 2. The molecule has 1 aromatic rings. The van der Waals surface area contributed by atoms with Crippen molar-refractivity contribution in [1.82, 2.24) is 10.2 Å². The molecule has 2 aliphatic rings. The highest BCUT2D eigenvalue weighted by molar-refractivity contribution is 6.74. The van der Waals surface area contributed by atoms with E-state index < -0.39 is 38.0 Å². The van der Waals surface area contributed by atoms with Crippen LogP contribution in [0.3, 0.4) is 0 Å². The van der Waals surface area contributed by atoms with Crippen LogP contribution in [0.2, 0.25) is 18.1 Å². The van der Waals surface area contributed by atoms with E-state index in [4.69, 9.17) is 51.8 Å². The zero-order valence-electron chi connectivity index (χ0n) is 39.4. The van der Waals surface area contributed by atoms with Crippen molar-refractivity contribution in [1.29, 1.82) is 0 Å². The van der Waals surface area contributed by atoms with Crippen molar-refractivity contribution in [2.75, 3.05) is 144 Å². The SMILES string of the molecule is CC(C)(C)[Si](C)(C)OCCOCCOCCOCCOCCOCCOCCOCCOCCOCCOCCCCCC(=O)Nc1cccc2c1C(=O)N(C1CCC(=O)NC1=O)C2=O. The molecule has 0 aromatic heterocycles. The molecule has 1 saturated heterocycles. The average Bonchev–Trinajstić information content (AvgIpc) is 3.51. The zero-order valence-corrected chi connectivity index (χ0v) is 40.4. The van der Waals surface area contributed by atoms with E-state index in [1.165, 1.54) is 6.07 Å². The lowest BCUT2D eigenvalue weighted by Crippen LogP contribution is -2.54. The van der Waals surface area contributed by atoms with Crippen molar-refractivity contribution in [2.45, 2.75) is 83.5 Å². The second-order valence-corrected chi connectivity index (χ2v) is 21.6. The quantitative estimate of drug-likeness (QED) is 0.0546. The van der Waals surface area contributed by atoms with E-state index in [0.29, 0.717) is 145 Å². The number of nitrogens with zero attached hydrogens (tertiary/aromatic N) is 1. The summed E-state index contributed by atoms with van der Waals surface area (Å²) in [7, 11) is -1.72. The summed E-state index contributed by atoms with van der Waals surface area (Å²) < 4.78 is 61.4. The van der Waals surface area contributed by atoms with Crippen LogP contribution in [0.4, 0.5) is 5.69 Å². The van der Waals surface area contributed by atoms with E-state index >= 15 is 0 Å². The monoisotopic (exact) mass is 941 g/mol. The minimum Gasteiger partial charge on any atom is -0.414 e. The largest absolute Gasteiger partial charge is 0.414 e. The summed E-state index contributed by atoms with van der Waals surface area (Å²) in [6.45, 7) is 21.5. The number of nitrogens with one attached hydrogen (secondary N) is 2. The third kappa shape index (κ3) is 22.4. The first-order chi connectivity index (χ1) is 31.3. The standard InChI is InChI=1S/C45H75N3O16Si/c1-45(2,3)65(4,5)64-35-34-63-33-32-62-31-30-61-29-28-60-27-26-59-25-24-58-23-22-57-21-20-56-19-18-55-17-16-54-15-8-6-7-12-39(49)46-37-11-9-10-36-41(37)44(53)48(43(36)52)38-13-14-40(50)47-42(38)51/h9-11,38H,6-8,12-35H2,1-5H3,(H,46,49)(H,47,50,51). The van der Waals surface area contributed by atoms with Crippen LogP contribution in [0, 0.1) is 0 Å². The van der Waals surface area contributed by atoms with E-state index in [2.05, 4.69) is 44.5 Å². The zero-order chi connectivity index (χ0) is 47.2. The van der Waals surface area contributed by atoms with E-state index in [1.807, 2.05) is 0 Å². The molecule has 65 heavy (non-hydrogen) atoms. The number of hydrogen-bond donors (Lipinski definition) is 2. The molecule has 20 heteroatoms. The van der Waals surface area contributed by atoms with Crippen molar-refractivity contribution >= 4 is 43.5 Å². The molecule has 1 fully saturated rings. The number of unbranched alkanes of at least 4 members (excludes halogenated alkanes) is 2. The van der Waals surface area contributed by atoms with Crippen LogP contribution in [0.5, 0.6) is 0 Å². The van der Waals surface area contributed by atoms with Crippen LogP contribution < -0.4 is 10.6 Å². The predicted octanol–water partition coefficient (Wildman–Crippen LogP) is 3.77. The highest BCUT2D eigenvalue weighted by Crippen LogP contribution is 2.36. The molecule has 1 atom stereocenters. The summed E-state index contributed by atoms with van der Waals surface area (Å²) in [5.74, 6) is -2.72. The van der Waals surface area contributed by atoms with Crippen LogP contribution >= 0.6 is 0 Å². The number of ether oxygens (including phenoxy) is 10. The molecule has 2 N–H and O–H groups in total. The molecule has 0 aliphatic carbocycles. The Labute approximate surface area is 385 Å². The molecule has 5 amide bonds. The highest BCUT2D eigenvalue weighted by atomic mass is 28.4. The second kappa shape index (κ2) is 32.4. The third-order valence-electron chi connectivity index (χ3n) is 10.8. The molecule has 0 saturated carbocycles. The van der Waals surface area contributed by atoms with Crippen molar-refractivity contribution in [3.8, 4) is 0 Å². The first kappa shape index (κ1) is 56.1. The molecule has 2 aliphatic heterocycles. The Kier molecular flexibility index (Phi) is 28.0. The fourth-order valence-corrected chi connectivity index (χ4v) is 7.18. The number of amides is 5.